The summed E-state index contributed by atoms with van der Waals surface area (Å²) in [7, 11) is 0. The van der Waals surface area contributed by atoms with E-state index in [0.29, 0.717) is 10.8 Å². The number of carbonyl (C=O) groups is 1. The van der Waals surface area contributed by atoms with Crippen molar-refractivity contribution in [1.82, 2.24) is 4.98 Å². The fourth-order valence-electron chi connectivity index (χ4n) is 1.17. The quantitative estimate of drug-likeness (QED) is 0.591. The van der Waals surface area contributed by atoms with E-state index in [2.05, 4.69) is 4.98 Å². The number of hydrogen-bond donors (Lipinski definition) is 0. The number of benzene rings is 1. The summed E-state index contributed by atoms with van der Waals surface area (Å²) in [5, 5.41) is 0.520. The monoisotopic (exact) mass is 233 g/mol. The number of hydrogen-bond acceptors (Lipinski definition) is 3. The molecule has 3 nitrogen and oxygen atoms in total. The van der Waals surface area contributed by atoms with E-state index in [-0.39, 0.29) is 5.69 Å². The molecule has 0 spiro atoms. The van der Waals surface area contributed by atoms with Crippen molar-refractivity contribution in [2.75, 3.05) is 0 Å². The fraction of sp³-hybridized carbons (Fsp3) is 0. The largest absolute Gasteiger partial charge is 0.422 e. The Morgan fingerprint density at radius 1 is 1.19 bits per heavy atom. The van der Waals surface area contributed by atoms with Crippen molar-refractivity contribution in [3.05, 3.63) is 59.4 Å². The summed E-state index contributed by atoms with van der Waals surface area (Å²) >= 11 is 5.77. The molecule has 0 saturated carbocycles. The van der Waals surface area contributed by atoms with E-state index in [1.807, 2.05) is 0 Å². The van der Waals surface area contributed by atoms with Crippen LogP contribution in [-0.2, 0) is 0 Å². The summed E-state index contributed by atoms with van der Waals surface area (Å²) in [6.07, 6.45) is 1.54. The molecule has 2 aromatic rings. The van der Waals surface area contributed by atoms with Gasteiger partial charge in [-0.3, -0.25) is 0 Å². The van der Waals surface area contributed by atoms with Crippen LogP contribution in [0.1, 0.15) is 10.5 Å². The van der Waals surface area contributed by atoms with Gasteiger partial charge in [-0.25, -0.2) is 9.78 Å². The Labute approximate surface area is 97.7 Å². The van der Waals surface area contributed by atoms with Crippen molar-refractivity contribution in [2.24, 2.45) is 0 Å². The Balaban J connectivity index is 2.14. The Morgan fingerprint density at radius 2 is 2.06 bits per heavy atom. The van der Waals surface area contributed by atoms with Crippen molar-refractivity contribution in [1.29, 1.82) is 0 Å². The molecule has 1 aromatic carbocycles. The van der Waals surface area contributed by atoms with Gasteiger partial charge in [0.15, 0.2) is 0 Å². The average Bonchev–Trinajstić information content (AvgIpc) is 2.30. The van der Waals surface area contributed by atoms with Gasteiger partial charge in [-0.15, -0.1) is 0 Å². The Hall–Kier alpha value is -1.87. The van der Waals surface area contributed by atoms with Gasteiger partial charge in [0.2, 0.25) is 0 Å². The lowest BCUT2D eigenvalue weighted by Gasteiger charge is -2.03. The highest BCUT2D eigenvalue weighted by atomic mass is 35.5. The summed E-state index contributed by atoms with van der Waals surface area (Å²) < 4.78 is 5.10. The van der Waals surface area contributed by atoms with Gasteiger partial charge in [0, 0.05) is 11.2 Å². The van der Waals surface area contributed by atoms with Gasteiger partial charge in [-0.1, -0.05) is 23.7 Å². The van der Waals surface area contributed by atoms with Gasteiger partial charge >= 0.3 is 5.97 Å². The number of aromatic nitrogens is 1. The van der Waals surface area contributed by atoms with E-state index < -0.39 is 5.97 Å². The molecule has 0 atom stereocenters. The van der Waals surface area contributed by atoms with Crippen LogP contribution in [-0.4, -0.2) is 11.0 Å². The second-order valence-corrected chi connectivity index (χ2v) is 3.50. The minimum atomic E-state index is -0.497. The van der Waals surface area contributed by atoms with Crippen molar-refractivity contribution < 1.29 is 9.53 Å². The maximum absolute atomic E-state index is 11.6. The number of carbonyl (C=O) groups excluding carboxylic acids is 1. The summed E-state index contributed by atoms with van der Waals surface area (Å²) in [6.45, 7) is 0. The van der Waals surface area contributed by atoms with E-state index in [1.165, 1.54) is 6.20 Å². The van der Waals surface area contributed by atoms with E-state index in [0.717, 1.165) is 0 Å². The molecule has 80 valence electrons. The van der Waals surface area contributed by atoms with Crippen LogP contribution in [0.3, 0.4) is 0 Å². The first kappa shape index (κ1) is 10.6. The maximum atomic E-state index is 11.6. The molecule has 0 saturated heterocycles. The third-order valence-electron chi connectivity index (χ3n) is 1.88. The molecule has 0 bridgehead atoms. The number of halogens is 1. The predicted octanol–water partition coefficient (Wildman–Crippen LogP) is 2.95. The van der Waals surface area contributed by atoms with Gasteiger partial charge in [-0.05, 0) is 30.3 Å². The summed E-state index contributed by atoms with van der Waals surface area (Å²) in [5.74, 6) is -0.0916. The van der Waals surface area contributed by atoms with Gasteiger partial charge in [-0.2, -0.15) is 0 Å². The standard InChI is InChI=1S/C12H8ClNO2/c13-9-4-3-5-10(8-9)16-12(15)11-6-1-2-7-14-11/h1-8H. The lowest BCUT2D eigenvalue weighted by Crippen LogP contribution is -2.09. The lowest BCUT2D eigenvalue weighted by atomic mass is 10.3. The number of rotatable bonds is 2. The normalized spacial score (nSPS) is 9.81. The number of nitrogens with zero attached hydrogens (tertiary/aromatic N) is 1. The second-order valence-electron chi connectivity index (χ2n) is 3.06. The Bertz CT molecular complexity index is 499. The van der Waals surface area contributed by atoms with Crippen molar-refractivity contribution >= 4 is 17.6 Å². The van der Waals surface area contributed by atoms with Gasteiger partial charge in [0.25, 0.3) is 0 Å². The maximum Gasteiger partial charge on any atom is 0.362 e. The SMILES string of the molecule is O=C(Oc1cccc(Cl)c1)c1ccccn1. The zero-order chi connectivity index (χ0) is 11.4. The van der Waals surface area contributed by atoms with Crippen molar-refractivity contribution in [3.63, 3.8) is 0 Å². The molecule has 2 rings (SSSR count). The molecule has 0 fully saturated rings. The molecule has 0 amide bonds. The van der Waals surface area contributed by atoms with Crippen LogP contribution >= 0.6 is 11.6 Å². The van der Waals surface area contributed by atoms with Gasteiger partial charge in [0.1, 0.15) is 11.4 Å². The second kappa shape index (κ2) is 4.77. The molecular formula is C12H8ClNO2. The van der Waals surface area contributed by atoms with Crippen LogP contribution in [0.2, 0.25) is 5.02 Å². The van der Waals surface area contributed by atoms with E-state index in [9.17, 15) is 4.79 Å². The van der Waals surface area contributed by atoms with Crippen LogP contribution in [0.5, 0.6) is 5.75 Å². The fourth-order valence-corrected chi connectivity index (χ4v) is 1.35. The highest BCUT2D eigenvalue weighted by molar-refractivity contribution is 6.30. The highest BCUT2D eigenvalue weighted by Gasteiger charge is 2.08. The first-order chi connectivity index (χ1) is 7.75. The predicted molar refractivity (Wildman–Crippen MR) is 60.6 cm³/mol. The first-order valence-electron chi connectivity index (χ1n) is 4.64. The lowest BCUT2D eigenvalue weighted by molar-refractivity contribution is 0.0728. The molecule has 0 aliphatic heterocycles. The number of esters is 1. The van der Waals surface area contributed by atoms with Gasteiger partial charge < -0.3 is 4.74 Å². The van der Waals surface area contributed by atoms with Crippen molar-refractivity contribution in [3.8, 4) is 5.75 Å². The van der Waals surface area contributed by atoms with Crippen LogP contribution in [0.25, 0.3) is 0 Å². The topological polar surface area (TPSA) is 39.2 Å². The van der Waals surface area contributed by atoms with Crippen LogP contribution in [0.15, 0.2) is 48.7 Å². The molecule has 1 aromatic heterocycles. The molecule has 0 aliphatic rings. The first-order valence-corrected chi connectivity index (χ1v) is 5.02. The van der Waals surface area contributed by atoms with Crippen LogP contribution in [0, 0.1) is 0 Å². The van der Waals surface area contributed by atoms with Crippen LogP contribution < -0.4 is 4.74 Å². The number of pyridine rings is 1. The van der Waals surface area contributed by atoms with Crippen molar-refractivity contribution in [2.45, 2.75) is 0 Å². The summed E-state index contributed by atoms with van der Waals surface area (Å²) in [4.78, 5) is 15.5. The molecule has 0 radical (unpaired) electrons. The molecule has 1 heterocycles. The summed E-state index contributed by atoms with van der Waals surface area (Å²) in [5.41, 5.74) is 0.266. The van der Waals surface area contributed by atoms with Gasteiger partial charge in [0.05, 0.1) is 0 Å². The average molecular weight is 234 g/mol. The molecule has 0 N–H and O–H groups in total. The molecular weight excluding hydrogens is 226 g/mol. The third kappa shape index (κ3) is 2.58. The summed E-state index contributed by atoms with van der Waals surface area (Å²) in [6, 6.07) is 11.7. The molecule has 0 aliphatic carbocycles. The number of ether oxygens (including phenoxy) is 1. The minimum Gasteiger partial charge on any atom is -0.422 e. The molecule has 4 heteroatoms. The smallest absolute Gasteiger partial charge is 0.362 e. The Kier molecular flexibility index (Phi) is 3.17. The Morgan fingerprint density at radius 3 is 2.75 bits per heavy atom. The highest BCUT2D eigenvalue weighted by Crippen LogP contribution is 2.17. The molecule has 16 heavy (non-hydrogen) atoms. The van der Waals surface area contributed by atoms with Crippen LogP contribution in [0.4, 0.5) is 0 Å². The zero-order valence-electron chi connectivity index (χ0n) is 8.26. The van der Waals surface area contributed by atoms with E-state index in [4.69, 9.17) is 16.3 Å². The van der Waals surface area contributed by atoms with E-state index >= 15 is 0 Å². The minimum absolute atomic E-state index is 0.266. The molecule has 0 unspecified atom stereocenters. The third-order valence-corrected chi connectivity index (χ3v) is 2.12. The van der Waals surface area contributed by atoms with E-state index in [1.54, 1.807) is 42.5 Å². The zero-order valence-corrected chi connectivity index (χ0v) is 9.02.